The zero-order valence-electron chi connectivity index (χ0n) is 11.1. The van der Waals surface area contributed by atoms with E-state index in [1.54, 1.807) is 4.68 Å². The van der Waals surface area contributed by atoms with Crippen LogP contribution in [0.3, 0.4) is 0 Å². The molecule has 2 heterocycles. The van der Waals surface area contributed by atoms with Crippen LogP contribution in [0.1, 0.15) is 31.4 Å². The molecule has 0 saturated carbocycles. The summed E-state index contributed by atoms with van der Waals surface area (Å²) in [5.41, 5.74) is 2.05. The number of allylic oxidation sites excluding steroid dienone is 2. The molecule has 0 amide bonds. The summed E-state index contributed by atoms with van der Waals surface area (Å²) in [6.07, 6.45) is 4.04. The highest BCUT2D eigenvalue weighted by Gasteiger charge is 2.41. The summed E-state index contributed by atoms with van der Waals surface area (Å²) in [4.78, 5) is 0. The molecule has 3 rings (SSSR count). The summed E-state index contributed by atoms with van der Waals surface area (Å²) >= 11 is 0. The fourth-order valence-corrected chi connectivity index (χ4v) is 2.67. The van der Waals surface area contributed by atoms with E-state index in [2.05, 4.69) is 16.4 Å². The lowest BCUT2D eigenvalue weighted by Crippen LogP contribution is -2.34. The molecule has 1 aromatic heterocycles. The van der Waals surface area contributed by atoms with Gasteiger partial charge in [0.15, 0.2) is 6.29 Å². The van der Waals surface area contributed by atoms with E-state index in [-0.39, 0.29) is 6.54 Å². The second-order valence-electron chi connectivity index (χ2n) is 5.35. The lowest BCUT2D eigenvalue weighted by Gasteiger charge is -2.13. The fraction of sp³-hybridized carbons (Fsp3) is 0.692. The van der Waals surface area contributed by atoms with E-state index in [1.807, 2.05) is 6.20 Å². The maximum Gasteiger partial charge on any atom is 0.184 e. The number of ether oxygens (including phenoxy) is 1. The van der Waals surface area contributed by atoms with Gasteiger partial charge in [0.1, 0.15) is 24.0 Å². The third-order valence-corrected chi connectivity index (χ3v) is 3.86. The Labute approximate surface area is 116 Å². The molecule has 7 heteroatoms. The molecule has 20 heavy (non-hydrogen) atoms. The lowest BCUT2D eigenvalue weighted by atomic mass is 9.98. The average Bonchev–Trinajstić information content (AvgIpc) is 3.02. The van der Waals surface area contributed by atoms with Crippen molar-refractivity contribution >= 4 is 5.57 Å². The lowest BCUT2D eigenvalue weighted by molar-refractivity contribution is -0.129. The van der Waals surface area contributed by atoms with E-state index < -0.39 is 24.6 Å². The van der Waals surface area contributed by atoms with Crippen LogP contribution >= 0.6 is 0 Å². The zero-order valence-corrected chi connectivity index (χ0v) is 11.1. The minimum atomic E-state index is -1.35. The van der Waals surface area contributed by atoms with E-state index in [1.165, 1.54) is 18.4 Å². The molecule has 2 aliphatic rings. The molecule has 0 bridgehead atoms. The molecular weight excluding hydrogens is 262 g/mol. The van der Waals surface area contributed by atoms with Gasteiger partial charge in [0.05, 0.1) is 12.7 Å². The molecule has 1 aliphatic heterocycles. The largest absolute Gasteiger partial charge is 0.387 e. The highest BCUT2D eigenvalue weighted by molar-refractivity contribution is 5.62. The fourth-order valence-electron chi connectivity index (χ4n) is 2.67. The predicted molar refractivity (Wildman–Crippen MR) is 69.4 cm³/mol. The molecule has 4 atom stereocenters. The van der Waals surface area contributed by atoms with Crippen LogP contribution in [0.2, 0.25) is 0 Å². The number of rotatable bonds is 3. The van der Waals surface area contributed by atoms with Crippen molar-refractivity contribution in [3.05, 3.63) is 18.0 Å². The summed E-state index contributed by atoms with van der Waals surface area (Å²) in [7, 11) is 0. The minimum Gasteiger partial charge on any atom is -0.387 e. The molecule has 1 aromatic rings. The Balaban J connectivity index is 1.67. The molecule has 1 saturated heterocycles. The van der Waals surface area contributed by atoms with Crippen molar-refractivity contribution < 1.29 is 20.1 Å². The van der Waals surface area contributed by atoms with E-state index in [9.17, 15) is 15.3 Å². The Hall–Kier alpha value is -1.28. The summed E-state index contributed by atoms with van der Waals surface area (Å²) in [5.74, 6) is 0. The molecule has 1 aliphatic carbocycles. The van der Waals surface area contributed by atoms with E-state index >= 15 is 0 Å². The summed E-state index contributed by atoms with van der Waals surface area (Å²) in [6.45, 7) is 0.246. The highest BCUT2D eigenvalue weighted by atomic mass is 16.6. The van der Waals surface area contributed by atoms with E-state index in [4.69, 9.17) is 4.74 Å². The average molecular weight is 281 g/mol. The molecule has 0 spiro atoms. The van der Waals surface area contributed by atoms with Gasteiger partial charge in [-0.2, -0.15) is 0 Å². The zero-order chi connectivity index (χ0) is 14.1. The van der Waals surface area contributed by atoms with Gasteiger partial charge >= 0.3 is 0 Å². The van der Waals surface area contributed by atoms with Crippen molar-refractivity contribution in [2.75, 3.05) is 0 Å². The summed E-state index contributed by atoms with van der Waals surface area (Å²) < 4.78 is 6.67. The minimum absolute atomic E-state index is 0.246. The molecule has 0 aromatic carbocycles. The number of hydrogen-bond acceptors (Lipinski definition) is 6. The van der Waals surface area contributed by atoms with Crippen molar-refractivity contribution in [3.63, 3.8) is 0 Å². The van der Waals surface area contributed by atoms with Crippen LogP contribution in [-0.2, 0) is 11.3 Å². The number of hydrogen-bond donors (Lipinski definition) is 3. The first-order valence-electron chi connectivity index (χ1n) is 6.94. The Morgan fingerprint density at radius 1 is 1.25 bits per heavy atom. The predicted octanol–water partition coefficient (Wildman–Crippen LogP) is -0.326. The first kappa shape index (κ1) is 13.7. The van der Waals surface area contributed by atoms with Crippen LogP contribution in [0.25, 0.3) is 5.57 Å². The van der Waals surface area contributed by atoms with Crippen molar-refractivity contribution in [1.29, 1.82) is 0 Å². The quantitative estimate of drug-likeness (QED) is 0.701. The van der Waals surface area contributed by atoms with E-state index in [0.29, 0.717) is 0 Å². The van der Waals surface area contributed by atoms with Crippen LogP contribution in [0.15, 0.2) is 12.3 Å². The Kier molecular flexibility index (Phi) is 3.84. The van der Waals surface area contributed by atoms with Crippen LogP contribution in [0, 0.1) is 0 Å². The molecule has 0 radical (unpaired) electrons. The van der Waals surface area contributed by atoms with Crippen molar-refractivity contribution in [3.8, 4) is 0 Å². The van der Waals surface area contributed by atoms with Gasteiger partial charge in [0, 0.05) is 0 Å². The Bertz CT molecular complexity index is 502. The topological polar surface area (TPSA) is 101 Å². The monoisotopic (exact) mass is 281 g/mol. The summed E-state index contributed by atoms with van der Waals surface area (Å²) in [6, 6.07) is 0. The number of aliphatic hydroxyl groups is 3. The first-order chi connectivity index (χ1) is 9.65. The van der Waals surface area contributed by atoms with Gasteiger partial charge in [-0.1, -0.05) is 11.3 Å². The molecule has 1 fully saturated rings. The van der Waals surface area contributed by atoms with Gasteiger partial charge in [-0.3, -0.25) is 0 Å². The highest BCUT2D eigenvalue weighted by Crippen LogP contribution is 2.25. The number of nitrogens with zero attached hydrogens (tertiary/aromatic N) is 3. The van der Waals surface area contributed by atoms with Crippen molar-refractivity contribution in [2.45, 2.75) is 56.8 Å². The molecule has 7 nitrogen and oxygen atoms in total. The Morgan fingerprint density at radius 2 is 2.10 bits per heavy atom. The van der Waals surface area contributed by atoms with Gasteiger partial charge < -0.3 is 20.1 Å². The standard InChI is InChI=1S/C13H19N3O4/c17-11-10(20-13(19)12(11)18)7-16-6-9(14-15-16)8-4-2-1-3-5-8/h4,6,10-13,17-19H,1-3,5,7H2/t10-,11-,12-,13-/m1/s1. The maximum atomic E-state index is 9.74. The molecule has 3 N–H and O–H groups in total. The molecule has 0 unspecified atom stereocenters. The molecular formula is C13H19N3O4. The summed E-state index contributed by atoms with van der Waals surface area (Å²) in [5, 5.41) is 36.7. The van der Waals surface area contributed by atoms with Gasteiger partial charge in [0.2, 0.25) is 0 Å². The number of aliphatic hydroxyl groups excluding tert-OH is 3. The van der Waals surface area contributed by atoms with Gasteiger partial charge in [-0.15, -0.1) is 5.10 Å². The van der Waals surface area contributed by atoms with Crippen LogP contribution < -0.4 is 0 Å². The van der Waals surface area contributed by atoms with Crippen LogP contribution in [-0.4, -0.2) is 54.9 Å². The Morgan fingerprint density at radius 3 is 2.75 bits per heavy atom. The van der Waals surface area contributed by atoms with Gasteiger partial charge in [-0.25, -0.2) is 4.68 Å². The third kappa shape index (κ3) is 2.62. The third-order valence-electron chi connectivity index (χ3n) is 3.86. The van der Waals surface area contributed by atoms with Crippen LogP contribution in [0.5, 0.6) is 0 Å². The van der Waals surface area contributed by atoms with Crippen molar-refractivity contribution in [2.24, 2.45) is 0 Å². The van der Waals surface area contributed by atoms with Gasteiger partial charge in [-0.05, 0) is 31.3 Å². The molecule has 110 valence electrons. The second-order valence-corrected chi connectivity index (χ2v) is 5.35. The van der Waals surface area contributed by atoms with Crippen LogP contribution in [0.4, 0.5) is 0 Å². The van der Waals surface area contributed by atoms with E-state index in [0.717, 1.165) is 18.5 Å². The first-order valence-corrected chi connectivity index (χ1v) is 6.94. The second kappa shape index (κ2) is 5.61. The van der Waals surface area contributed by atoms with Gasteiger partial charge in [0.25, 0.3) is 0 Å². The normalized spacial score (nSPS) is 34.2. The van der Waals surface area contributed by atoms with Crippen molar-refractivity contribution in [1.82, 2.24) is 15.0 Å². The SMILES string of the molecule is O[C@@H]1[C@H](O)[C@@H](Cn2cc(C3=CCCCC3)nn2)O[C@H]1O. The smallest absolute Gasteiger partial charge is 0.184 e. The maximum absolute atomic E-state index is 9.74. The number of aromatic nitrogens is 3.